The number of pyridine rings is 1. The van der Waals surface area contributed by atoms with Gasteiger partial charge in [-0.25, -0.2) is 13.2 Å². The number of para-hydroxylation sites is 1. The topological polar surface area (TPSA) is 96.5 Å². The smallest absolute Gasteiger partial charge is 0.337 e. The summed E-state index contributed by atoms with van der Waals surface area (Å²) in [5.74, 6) is -0.631. The Kier molecular flexibility index (Phi) is 6.63. The zero-order valence-corrected chi connectivity index (χ0v) is 19.6. The van der Waals surface area contributed by atoms with Gasteiger partial charge in [-0.1, -0.05) is 54.6 Å². The quantitative estimate of drug-likeness (QED) is 0.407. The predicted octanol–water partition coefficient (Wildman–Crippen LogP) is 4.01. The van der Waals surface area contributed by atoms with Crippen LogP contribution in [-0.2, 0) is 27.8 Å². The van der Waals surface area contributed by atoms with Crippen LogP contribution in [0.5, 0.6) is 0 Å². The molecule has 0 bridgehead atoms. The van der Waals surface area contributed by atoms with E-state index in [1.807, 2.05) is 55.5 Å². The number of fused-ring (bicyclic) bond motifs is 1. The second-order valence-electron chi connectivity index (χ2n) is 7.94. The lowest BCUT2D eigenvalue weighted by atomic mass is 10.1. The number of rotatable bonds is 7. The Labute approximate surface area is 197 Å². The number of hydrogen-bond acceptors (Lipinski definition) is 5. The number of hydrogen-bond donors (Lipinski definition) is 1. The highest BCUT2D eigenvalue weighted by Crippen LogP contribution is 2.23. The third-order valence-electron chi connectivity index (χ3n) is 5.61. The molecule has 0 atom stereocenters. The molecule has 0 saturated heterocycles. The normalized spacial score (nSPS) is 11.6. The zero-order valence-electron chi connectivity index (χ0n) is 18.8. The van der Waals surface area contributed by atoms with Gasteiger partial charge in [0.05, 0.1) is 23.1 Å². The number of nitrogens with one attached hydrogen (secondary N) is 1. The summed E-state index contributed by atoms with van der Waals surface area (Å²) in [7, 11) is -2.83. The number of sulfonamides is 1. The number of esters is 1. The van der Waals surface area contributed by atoms with Crippen LogP contribution in [0.3, 0.4) is 0 Å². The van der Waals surface area contributed by atoms with Crippen LogP contribution in [0.25, 0.3) is 10.9 Å². The van der Waals surface area contributed by atoms with Crippen LogP contribution in [-0.4, -0.2) is 30.8 Å². The van der Waals surface area contributed by atoms with Gasteiger partial charge in [-0.3, -0.25) is 4.79 Å². The fourth-order valence-electron chi connectivity index (χ4n) is 3.80. The van der Waals surface area contributed by atoms with Gasteiger partial charge in [0.2, 0.25) is 10.0 Å². The van der Waals surface area contributed by atoms with E-state index in [2.05, 4.69) is 4.98 Å². The molecule has 4 rings (SSSR count). The summed E-state index contributed by atoms with van der Waals surface area (Å²) in [6.07, 6.45) is 0. The number of H-pyrrole nitrogens is 1. The number of ether oxygens (including phenoxy) is 1. The molecule has 0 aliphatic heterocycles. The van der Waals surface area contributed by atoms with Crippen molar-refractivity contribution >= 4 is 26.9 Å². The molecule has 4 aromatic rings. The number of aromatic amines is 1. The Hall–Kier alpha value is -3.75. The van der Waals surface area contributed by atoms with E-state index in [1.165, 1.54) is 35.7 Å². The van der Waals surface area contributed by atoms with E-state index >= 15 is 0 Å². The molecule has 0 fully saturated rings. The average Bonchev–Trinajstić information content (AvgIpc) is 2.85. The molecule has 1 heterocycles. The molecular weight excluding hydrogens is 452 g/mol. The Morgan fingerprint density at radius 2 is 1.68 bits per heavy atom. The van der Waals surface area contributed by atoms with Crippen LogP contribution in [0.4, 0.5) is 0 Å². The van der Waals surface area contributed by atoms with Crippen LogP contribution < -0.4 is 5.56 Å². The van der Waals surface area contributed by atoms with E-state index in [9.17, 15) is 18.0 Å². The van der Waals surface area contributed by atoms with Gasteiger partial charge in [0.15, 0.2) is 0 Å². The van der Waals surface area contributed by atoms with Gasteiger partial charge < -0.3 is 9.72 Å². The van der Waals surface area contributed by atoms with Crippen molar-refractivity contribution in [2.75, 3.05) is 7.11 Å². The Morgan fingerprint density at radius 1 is 0.941 bits per heavy atom. The van der Waals surface area contributed by atoms with Crippen molar-refractivity contribution in [2.24, 2.45) is 0 Å². The van der Waals surface area contributed by atoms with Gasteiger partial charge in [-0.05, 0) is 47.7 Å². The number of carbonyl (C=O) groups excluding carboxylic acids is 1. The Morgan fingerprint density at radius 3 is 2.41 bits per heavy atom. The molecule has 3 aromatic carbocycles. The minimum atomic E-state index is -4.07. The third-order valence-corrected chi connectivity index (χ3v) is 7.39. The van der Waals surface area contributed by atoms with Gasteiger partial charge >= 0.3 is 5.97 Å². The van der Waals surface area contributed by atoms with Crippen LogP contribution in [0, 0.1) is 6.92 Å². The SMILES string of the molecule is COC(=O)c1cccc(S(=O)(=O)N(Cc2ccccc2)Cc2cc3cccc(C)c3[nH]c2=O)c1. The molecule has 0 radical (unpaired) electrons. The number of nitrogens with zero attached hydrogens (tertiary/aromatic N) is 1. The summed E-state index contributed by atoms with van der Waals surface area (Å²) in [5, 5.41) is 0.819. The number of benzene rings is 3. The van der Waals surface area contributed by atoms with E-state index < -0.39 is 16.0 Å². The summed E-state index contributed by atoms with van der Waals surface area (Å²) in [5.41, 5.74) is 2.51. The number of aryl methyl sites for hydroxylation is 1. The second-order valence-corrected chi connectivity index (χ2v) is 9.88. The zero-order chi connectivity index (χ0) is 24.3. The van der Waals surface area contributed by atoms with Crippen LogP contribution in [0.2, 0.25) is 0 Å². The lowest BCUT2D eigenvalue weighted by Crippen LogP contribution is -2.32. The van der Waals surface area contributed by atoms with Crippen molar-refractivity contribution < 1.29 is 17.9 Å². The molecular formula is C26H24N2O5S. The predicted molar refractivity (Wildman–Crippen MR) is 130 cm³/mol. The third kappa shape index (κ3) is 4.78. The number of methoxy groups -OCH3 is 1. The van der Waals surface area contributed by atoms with Crippen molar-refractivity contribution in [2.45, 2.75) is 24.9 Å². The molecule has 174 valence electrons. The van der Waals surface area contributed by atoms with E-state index in [4.69, 9.17) is 4.74 Å². The first-order chi connectivity index (χ1) is 16.3. The number of aromatic nitrogens is 1. The lowest BCUT2D eigenvalue weighted by Gasteiger charge is -2.23. The van der Waals surface area contributed by atoms with Crippen LogP contribution in [0.15, 0.2) is 88.6 Å². The molecule has 0 unspecified atom stereocenters. The van der Waals surface area contributed by atoms with Gasteiger partial charge in [0, 0.05) is 18.7 Å². The van der Waals surface area contributed by atoms with Gasteiger partial charge in [0.1, 0.15) is 0 Å². The van der Waals surface area contributed by atoms with Crippen molar-refractivity contribution in [3.63, 3.8) is 0 Å². The highest BCUT2D eigenvalue weighted by molar-refractivity contribution is 7.89. The minimum absolute atomic E-state index is 0.0525. The first kappa shape index (κ1) is 23.4. The molecule has 0 spiro atoms. The molecule has 0 aliphatic rings. The van der Waals surface area contributed by atoms with E-state index in [0.29, 0.717) is 5.56 Å². The molecule has 1 aromatic heterocycles. The highest BCUT2D eigenvalue weighted by Gasteiger charge is 2.27. The average molecular weight is 477 g/mol. The maximum Gasteiger partial charge on any atom is 0.337 e. The van der Waals surface area contributed by atoms with Gasteiger partial charge in [0.25, 0.3) is 5.56 Å². The fraction of sp³-hybridized carbons (Fsp3) is 0.154. The minimum Gasteiger partial charge on any atom is -0.465 e. The Balaban J connectivity index is 1.79. The maximum absolute atomic E-state index is 13.7. The molecule has 1 N–H and O–H groups in total. The summed E-state index contributed by atoms with van der Waals surface area (Å²) in [6.45, 7) is 1.81. The fourth-order valence-corrected chi connectivity index (χ4v) is 5.25. The molecule has 34 heavy (non-hydrogen) atoms. The van der Waals surface area contributed by atoms with Crippen molar-refractivity contribution in [3.8, 4) is 0 Å². The van der Waals surface area contributed by atoms with Crippen LogP contribution in [0.1, 0.15) is 27.0 Å². The van der Waals surface area contributed by atoms with Crippen LogP contribution >= 0.6 is 0 Å². The largest absolute Gasteiger partial charge is 0.465 e. The summed E-state index contributed by atoms with van der Waals surface area (Å²) >= 11 is 0. The lowest BCUT2D eigenvalue weighted by molar-refractivity contribution is 0.0600. The monoisotopic (exact) mass is 476 g/mol. The van der Waals surface area contributed by atoms with Crippen molar-refractivity contribution in [1.82, 2.24) is 9.29 Å². The van der Waals surface area contributed by atoms with Crippen molar-refractivity contribution in [3.05, 3.63) is 111 Å². The number of carbonyl (C=O) groups is 1. The molecule has 8 heteroatoms. The van der Waals surface area contributed by atoms with E-state index in [-0.39, 0.29) is 29.1 Å². The molecule has 0 amide bonds. The second kappa shape index (κ2) is 9.62. The van der Waals surface area contributed by atoms with E-state index in [0.717, 1.165) is 22.0 Å². The molecule has 0 aliphatic carbocycles. The highest BCUT2D eigenvalue weighted by atomic mass is 32.2. The summed E-state index contributed by atoms with van der Waals surface area (Å²) in [6, 6.07) is 22.2. The summed E-state index contributed by atoms with van der Waals surface area (Å²) < 4.78 is 33.4. The maximum atomic E-state index is 13.7. The first-order valence-corrected chi connectivity index (χ1v) is 12.1. The van der Waals surface area contributed by atoms with Gasteiger partial charge in [-0.15, -0.1) is 0 Å². The summed E-state index contributed by atoms with van der Waals surface area (Å²) in [4.78, 5) is 27.7. The van der Waals surface area contributed by atoms with Crippen molar-refractivity contribution in [1.29, 1.82) is 0 Å². The standard InChI is InChI=1S/C26H24N2O5S/c1-18-8-6-11-20-14-22(25(29)27-24(18)20)17-28(16-19-9-4-3-5-10-19)34(31,32)23-13-7-12-21(15-23)26(30)33-2/h3-15H,16-17H2,1-2H3,(H,27,29). The van der Waals surface area contributed by atoms with Gasteiger partial charge in [-0.2, -0.15) is 4.31 Å². The molecule has 0 saturated carbocycles. The first-order valence-electron chi connectivity index (χ1n) is 10.6. The Bertz CT molecular complexity index is 1510. The van der Waals surface area contributed by atoms with E-state index in [1.54, 1.807) is 6.07 Å². The molecule has 7 nitrogen and oxygen atoms in total.